The summed E-state index contributed by atoms with van der Waals surface area (Å²) in [5.74, 6) is 0. The zero-order valence-electron chi connectivity index (χ0n) is 13.4. The Morgan fingerprint density at radius 3 is 1.21 bits per heavy atom. The summed E-state index contributed by atoms with van der Waals surface area (Å²) in [5.41, 5.74) is 14.1. The van der Waals surface area contributed by atoms with Crippen LogP contribution in [0.5, 0.6) is 0 Å². The van der Waals surface area contributed by atoms with E-state index in [1.165, 1.54) is 0 Å². The molecule has 0 radical (unpaired) electrons. The number of benzene rings is 2. The Balaban J connectivity index is 0.00000264. The predicted octanol–water partition coefficient (Wildman–Crippen LogP) is 1.69. The van der Waals surface area contributed by atoms with Crippen molar-refractivity contribution in [2.45, 2.75) is 37.1 Å². The van der Waals surface area contributed by atoms with Crippen LogP contribution in [0.25, 0.3) is 0 Å². The summed E-state index contributed by atoms with van der Waals surface area (Å²) >= 11 is 0. The van der Waals surface area contributed by atoms with Gasteiger partial charge in [-0.25, -0.2) is 0 Å². The Morgan fingerprint density at radius 1 is 0.625 bits per heavy atom. The molecule has 4 nitrogen and oxygen atoms in total. The third-order valence-electron chi connectivity index (χ3n) is 3.86. The molecule has 0 aliphatic heterocycles. The lowest BCUT2D eigenvalue weighted by Gasteiger charge is -2.28. The highest BCUT2D eigenvalue weighted by atomic mass is 35.5. The van der Waals surface area contributed by atoms with E-state index in [1.807, 2.05) is 60.7 Å². The van der Waals surface area contributed by atoms with Crippen LogP contribution in [0.4, 0.5) is 0 Å². The predicted molar refractivity (Wildman–Crippen MR) is 103 cm³/mol. The Hall–Kier alpha value is -1.14. The molecule has 0 saturated carbocycles. The Bertz CT molecular complexity index is 506. The van der Waals surface area contributed by atoms with E-state index in [2.05, 4.69) is 0 Å². The molecule has 2 rings (SSSR count). The van der Waals surface area contributed by atoms with Gasteiger partial charge in [-0.1, -0.05) is 60.7 Å². The number of aliphatic hydroxyl groups is 2. The number of rotatable bonds is 7. The first-order valence-corrected chi connectivity index (χ1v) is 7.53. The molecule has 6 heteroatoms. The molecule has 0 heterocycles. The lowest BCUT2D eigenvalue weighted by molar-refractivity contribution is -0.00975. The van der Waals surface area contributed by atoms with E-state index in [1.54, 1.807) is 0 Å². The summed E-state index contributed by atoms with van der Waals surface area (Å²) in [6, 6.07) is 18.2. The second-order valence-electron chi connectivity index (χ2n) is 5.69. The van der Waals surface area contributed by atoms with Gasteiger partial charge in [0.05, 0.1) is 12.2 Å². The fourth-order valence-corrected chi connectivity index (χ4v) is 2.52. The highest BCUT2D eigenvalue weighted by Gasteiger charge is 2.28. The van der Waals surface area contributed by atoms with Crippen LogP contribution in [0.1, 0.15) is 11.1 Å². The maximum absolute atomic E-state index is 10.2. The molecule has 0 amide bonds. The topological polar surface area (TPSA) is 92.5 Å². The van der Waals surface area contributed by atoms with Gasteiger partial charge in [-0.2, -0.15) is 0 Å². The first-order valence-electron chi connectivity index (χ1n) is 7.53. The van der Waals surface area contributed by atoms with Crippen LogP contribution in [0.3, 0.4) is 0 Å². The summed E-state index contributed by atoms with van der Waals surface area (Å²) in [4.78, 5) is 0. The minimum Gasteiger partial charge on any atom is -0.389 e. The molecule has 6 N–H and O–H groups in total. The lowest BCUT2D eigenvalue weighted by Crippen LogP contribution is -2.52. The van der Waals surface area contributed by atoms with Gasteiger partial charge in [0.1, 0.15) is 0 Å². The van der Waals surface area contributed by atoms with Crippen LogP contribution in [-0.2, 0) is 12.8 Å². The summed E-state index contributed by atoms with van der Waals surface area (Å²) in [7, 11) is 0. The van der Waals surface area contributed by atoms with Gasteiger partial charge in [-0.15, -0.1) is 24.8 Å². The largest absolute Gasteiger partial charge is 0.389 e. The quantitative estimate of drug-likeness (QED) is 0.594. The lowest BCUT2D eigenvalue weighted by atomic mass is 9.92. The van der Waals surface area contributed by atoms with E-state index in [-0.39, 0.29) is 24.8 Å². The summed E-state index contributed by atoms with van der Waals surface area (Å²) in [6.45, 7) is 0. The van der Waals surface area contributed by atoms with Gasteiger partial charge in [-0.3, -0.25) is 0 Å². The molecule has 0 fully saturated rings. The second kappa shape index (κ2) is 11.4. The van der Waals surface area contributed by atoms with Crippen molar-refractivity contribution < 1.29 is 10.2 Å². The zero-order chi connectivity index (χ0) is 15.9. The average Bonchev–Trinajstić information content (AvgIpc) is 2.55. The van der Waals surface area contributed by atoms with Crippen LogP contribution in [0.15, 0.2) is 60.7 Å². The molecule has 0 aliphatic carbocycles. The van der Waals surface area contributed by atoms with Crippen molar-refractivity contribution in [3.63, 3.8) is 0 Å². The van der Waals surface area contributed by atoms with Crippen molar-refractivity contribution in [2.75, 3.05) is 0 Å². The molecular weight excluding hydrogens is 347 g/mol. The van der Waals surface area contributed by atoms with E-state index in [9.17, 15) is 10.2 Å². The Morgan fingerprint density at radius 2 is 0.917 bits per heavy atom. The molecule has 134 valence electrons. The molecule has 4 unspecified atom stereocenters. The van der Waals surface area contributed by atoms with Crippen molar-refractivity contribution in [1.82, 2.24) is 0 Å². The number of halogens is 2. The van der Waals surface area contributed by atoms with Crippen LogP contribution in [0.2, 0.25) is 0 Å². The highest BCUT2D eigenvalue weighted by Crippen LogP contribution is 2.11. The van der Waals surface area contributed by atoms with Crippen LogP contribution >= 0.6 is 24.8 Å². The van der Waals surface area contributed by atoms with Gasteiger partial charge in [0.25, 0.3) is 0 Å². The third-order valence-corrected chi connectivity index (χ3v) is 3.86. The second-order valence-corrected chi connectivity index (χ2v) is 5.69. The summed E-state index contributed by atoms with van der Waals surface area (Å²) in [6.07, 6.45) is -1.12. The maximum Gasteiger partial charge on any atom is 0.0968 e. The summed E-state index contributed by atoms with van der Waals surface area (Å²) < 4.78 is 0. The van der Waals surface area contributed by atoms with Crippen molar-refractivity contribution >= 4 is 24.8 Å². The molecule has 24 heavy (non-hydrogen) atoms. The van der Waals surface area contributed by atoms with Crippen LogP contribution < -0.4 is 11.5 Å². The van der Waals surface area contributed by atoms with Crippen molar-refractivity contribution in [3.8, 4) is 0 Å². The van der Waals surface area contributed by atoms with Crippen molar-refractivity contribution in [1.29, 1.82) is 0 Å². The number of aliphatic hydroxyl groups excluding tert-OH is 2. The fourth-order valence-electron chi connectivity index (χ4n) is 2.52. The molecule has 0 saturated heterocycles. The Kier molecular flexibility index (Phi) is 10.9. The van der Waals surface area contributed by atoms with Gasteiger partial charge < -0.3 is 21.7 Å². The number of hydrogen-bond donors (Lipinski definition) is 4. The molecule has 0 spiro atoms. The first-order chi connectivity index (χ1) is 10.6. The average molecular weight is 373 g/mol. The molecule has 2 aromatic rings. The standard InChI is InChI=1S/C18H24N2O2.2ClH/c19-15(11-13-7-3-1-4-8-13)17(21)18(22)16(20)12-14-9-5-2-6-10-14;;/h1-10,15-18,21-22H,11-12,19-20H2;2*1H. The number of hydrogen-bond acceptors (Lipinski definition) is 4. The molecular formula is C18H26Cl2N2O2. The molecule has 0 bridgehead atoms. The molecule has 2 aromatic carbocycles. The van der Waals surface area contributed by atoms with E-state index < -0.39 is 24.3 Å². The van der Waals surface area contributed by atoms with Gasteiger partial charge in [0.15, 0.2) is 0 Å². The van der Waals surface area contributed by atoms with E-state index in [0.717, 1.165) is 11.1 Å². The minimum absolute atomic E-state index is 0. The smallest absolute Gasteiger partial charge is 0.0968 e. The van der Waals surface area contributed by atoms with E-state index in [4.69, 9.17) is 11.5 Å². The normalized spacial score (nSPS) is 15.3. The van der Waals surface area contributed by atoms with Gasteiger partial charge in [-0.05, 0) is 24.0 Å². The van der Waals surface area contributed by atoms with Gasteiger partial charge in [0, 0.05) is 12.1 Å². The SMILES string of the molecule is Cl.Cl.NC(Cc1ccccc1)C(O)C(O)C(N)Cc1ccccc1. The first kappa shape index (κ1) is 22.9. The maximum atomic E-state index is 10.2. The minimum atomic E-state index is -1.06. The molecule has 4 atom stereocenters. The Labute approximate surface area is 155 Å². The highest BCUT2D eigenvalue weighted by molar-refractivity contribution is 5.85. The zero-order valence-corrected chi connectivity index (χ0v) is 15.0. The van der Waals surface area contributed by atoms with E-state index in [0.29, 0.717) is 12.8 Å². The van der Waals surface area contributed by atoms with Crippen molar-refractivity contribution in [3.05, 3.63) is 71.8 Å². The fraction of sp³-hybridized carbons (Fsp3) is 0.333. The summed E-state index contributed by atoms with van der Waals surface area (Å²) in [5, 5.41) is 20.5. The van der Waals surface area contributed by atoms with Gasteiger partial charge in [0.2, 0.25) is 0 Å². The molecule has 0 aliphatic rings. The number of nitrogens with two attached hydrogens (primary N) is 2. The molecule has 0 aromatic heterocycles. The van der Waals surface area contributed by atoms with Gasteiger partial charge >= 0.3 is 0 Å². The third kappa shape index (κ3) is 6.77. The van der Waals surface area contributed by atoms with Crippen LogP contribution in [0, 0.1) is 0 Å². The van der Waals surface area contributed by atoms with E-state index >= 15 is 0 Å². The van der Waals surface area contributed by atoms with Crippen molar-refractivity contribution in [2.24, 2.45) is 11.5 Å². The monoisotopic (exact) mass is 372 g/mol. The van der Waals surface area contributed by atoms with Crippen LogP contribution in [-0.4, -0.2) is 34.5 Å².